The van der Waals surface area contributed by atoms with Crippen molar-refractivity contribution in [2.75, 3.05) is 19.7 Å². The minimum atomic E-state index is -1.16. The molecule has 10 nitrogen and oxygen atoms in total. The van der Waals surface area contributed by atoms with Crippen molar-refractivity contribution in [3.8, 4) is 11.9 Å². The highest BCUT2D eigenvalue weighted by molar-refractivity contribution is 5.92. The normalized spacial score (nSPS) is 19.0. The van der Waals surface area contributed by atoms with Crippen molar-refractivity contribution in [2.45, 2.75) is 57.1 Å². The van der Waals surface area contributed by atoms with Gasteiger partial charge in [-0.3, -0.25) is 4.90 Å². The number of aromatic nitrogens is 3. The van der Waals surface area contributed by atoms with Gasteiger partial charge in [0.05, 0.1) is 52.6 Å². The molecule has 0 bridgehead atoms. The Morgan fingerprint density at radius 2 is 2.00 bits per heavy atom. The molecule has 6 rings (SSSR count). The number of rotatable bonds is 9. The molecule has 2 N–H and O–H groups in total. The molecule has 2 aromatic carbocycles. The summed E-state index contributed by atoms with van der Waals surface area (Å²) >= 11 is 0. The van der Waals surface area contributed by atoms with E-state index in [0.717, 1.165) is 29.9 Å². The fourth-order valence-electron chi connectivity index (χ4n) is 5.76. The lowest BCUT2D eigenvalue weighted by Gasteiger charge is -2.40. The van der Waals surface area contributed by atoms with E-state index in [-0.39, 0.29) is 35.8 Å². The zero-order valence-corrected chi connectivity index (χ0v) is 23.7. The smallest absolute Gasteiger partial charge is 0.335 e. The lowest BCUT2D eigenvalue weighted by Crippen LogP contribution is -2.44. The molecule has 4 aromatic rings. The first-order valence-electron chi connectivity index (χ1n) is 14.3. The van der Waals surface area contributed by atoms with Gasteiger partial charge >= 0.3 is 5.97 Å². The molecule has 222 valence electrons. The van der Waals surface area contributed by atoms with E-state index in [1.807, 2.05) is 6.07 Å². The van der Waals surface area contributed by atoms with Crippen molar-refractivity contribution >= 4 is 17.0 Å². The number of likely N-dealkylation sites (tertiary alicyclic amines) is 1. The molecular formula is C32H32FN5O5. The van der Waals surface area contributed by atoms with E-state index < -0.39 is 17.4 Å². The number of carboxylic acid groups (broad SMARTS) is 1. The van der Waals surface area contributed by atoms with Gasteiger partial charge in [0, 0.05) is 31.3 Å². The quantitative estimate of drug-likeness (QED) is 0.290. The monoisotopic (exact) mass is 585 g/mol. The molecule has 0 radical (unpaired) electrons. The molecule has 1 unspecified atom stereocenters. The van der Waals surface area contributed by atoms with Gasteiger partial charge in [-0.05, 0) is 62.6 Å². The Labute approximate surface area is 247 Å². The molecule has 0 aliphatic carbocycles. The summed E-state index contributed by atoms with van der Waals surface area (Å²) in [4.78, 5) is 23.4. The molecular weight excluding hydrogens is 553 g/mol. The molecule has 0 amide bonds. The Morgan fingerprint density at radius 1 is 1.21 bits per heavy atom. The van der Waals surface area contributed by atoms with Crippen molar-refractivity contribution in [3.05, 3.63) is 88.6 Å². The topological polar surface area (TPSA) is 134 Å². The molecule has 0 saturated carbocycles. The van der Waals surface area contributed by atoms with Gasteiger partial charge in [0.1, 0.15) is 23.8 Å². The molecule has 2 aliphatic heterocycles. The number of fused-ring (bicyclic) bond motifs is 1. The van der Waals surface area contributed by atoms with Crippen LogP contribution in [0.3, 0.4) is 0 Å². The summed E-state index contributed by atoms with van der Waals surface area (Å²) in [5, 5.41) is 30.1. The number of carbonyl (C=O) groups is 1. The summed E-state index contributed by atoms with van der Waals surface area (Å²) in [5.74, 6) is -0.393. The van der Waals surface area contributed by atoms with Gasteiger partial charge in [-0.25, -0.2) is 19.2 Å². The average molecular weight is 586 g/mol. The summed E-state index contributed by atoms with van der Waals surface area (Å²) in [6.45, 7) is 4.52. The average Bonchev–Trinajstić information content (AvgIpc) is 3.36. The Bertz CT molecular complexity index is 1700. The first-order chi connectivity index (χ1) is 20.7. The number of imidazole rings is 1. The molecule has 2 aliphatic rings. The molecule has 2 atom stereocenters. The zero-order valence-electron chi connectivity index (χ0n) is 23.7. The molecule has 4 heterocycles. The summed E-state index contributed by atoms with van der Waals surface area (Å²) in [6.07, 6.45) is 1.89. The third-order valence-electron chi connectivity index (χ3n) is 8.51. The highest BCUT2D eigenvalue weighted by atomic mass is 19.1. The van der Waals surface area contributed by atoms with Gasteiger partial charge in [-0.2, -0.15) is 5.26 Å². The van der Waals surface area contributed by atoms with Crippen LogP contribution in [0, 0.1) is 17.1 Å². The zero-order chi connectivity index (χ0) is 30.1. The second kappa shape index (κ2) is 11.7. The summed E-state index contributed by atoms with van der Waals surface area (Å²) in [6, 6.07) is 16.2. The van der Waals surface area contributed by atoms with Gasteiger partial charge in [-0.1, -0.05) is 12.1 Å². The fraction of sp³-hybridized carbons (Fsp3) is 0.375. The third-order valence-corrected chi connectivity index (χ3v) is 8.51. The van der Waals surface area contributed by atoms with E-state index >= 15 is 0 Å². The summed E-state index contributed by atoms with van der Waals surface area (Å²) in [5.41, 5.74) is 1.60. The van der Waals surface area contributed by atoms with E-state index in [1.165, 1.54) is 18.2 Å². The number of aliphatic hydroxyl groups is 1. The maximum absolute atomic E-state index is 14.3. The largest absolute Gasteiger partial charge is 0.478 e. The minimum absolute atomic E-state index is 0.0570. The van der Waals surface area contributed by atoms with Gasteiger partial charge in [0.2, 0.25) is 5.88 Å². The number of piperidine rings is 1. The number of pyridine rings is 1. The number of benzene rings is 2. The standard InChI is InChI=1S/C32H32FN5O5/c1-20(30-35-26-8-7-22(31(39)40)16-27(26)38(30)18-24-9-14-42-24)37-12-10-32(41,11-13-37)28-3-2-4-29(36-28)43-19-23-6-5-21(17-34)15-25(23)33/h2-8,15-16,20,24,41H,9-14,18-19H2,1H3,(H,39,40)/t20?,24-/m0/s1. The van der Waals surface area contributed by atoms with E-state index in [0.29, 0.717) is 43.7 Å². The summed E-state index contributed by atoms with van der Waals surface area (Å²) in [7, 11) is 0. The van der Waals surface area contributed by atoms with Gasteiger partial charge < -0.3 is 24.3 Å². The predicted octanol–water partition coefficient (Wildman–Crippen LogP) is 4.55. The number of hydrogen-bond acceptors (Lipinski definition) is 8. The highest BCUT2D eigenvalue weighted by Gasteiger charge is 2.38. The number of halogens is 1. The van der Waals surface area contributed by atoms with Crippen molar-refractivity contribution in [2.24, 2.45) is 0 Å². The molecule has 11 heteroatoms. The van der Waals surface area contributed by atoms with Crippen LogP contribution in [-0.2, 0) is 23.5 Å². The Hall–Kier alpha value is -4.37. The molecule has 2 fully saturated rings. The van der Waals surface area contributed by atoms with Crippen LogP contribution in [0.5, 0.6) is 5.88 Å². The van der Waals surface area contributed by atoms with Crippen LogP contribution in [0.2, 0.25) is 0 Å². The Morgan fingerprint density at radius 3 is 2.67 bits per heavy atom. The van der Waals surface area contributed by atoms with Gasteiger partial charge in [0.15, 0.2) is 0 Å². The van der Waals surface area contributed by atoms with Crippen LogP contribution in [0.25, 0.3) is 11.0 Å². The van der Waals surface area contributed by atoms with Crippen molar-refractivity contribution in [1.82, 2.24) is 19.4 Å². The lowest BCUT2D eigenvalue weighted by molar-refractivity contribution is -0.0602. The maximum Gasteiger partial charge on any atom is 0.335 e. The number of hydrogen-bond donors (Lipinski definition) is 2. The lowest BCUT2D eigenvalue weighted by atomic mass is 9.87. The predicted molar refractivity (Wildman–Crippen MR) is 154 cm³/mol. The second-order valence-corrected chi connectivity index (χ2v) is 11.2. The van der Waals surface area contributed by atoms with Crippen LogP contribution >= 0.6 is 0 Å². The van der Waals surface area contributed by atoms with Crippen LogP contribution in [0.1, 0.15) is 65.2 Å². The number of carboxylic acids is 1. The minimum Gasteiger partial charge on any atom is -0.478 e. The first kappa shape index (κ1) is 28.7. The Balaban J connectivity index is 1.16. The van der Waals surface area contributed by atoms with E-state index in [2.05, 4.69) is 21.4 Å². The molecule has 0 spiro atoms. The van der Waals surface area contributed by atoms with Crippen LogP contribution in [0.4, 0.5) is 4.39 Å². The van der Waals surface area contributed by atoms with Crippen molar-refractivity contribution in [3.63, 3.8) is 0 Å². The van der Waals surface area contributed by atoms with Gasteiger partial charge in [0.25, 0.3) is 0 Å². The van der Waals surface area contributed by atoms with Crippen molar-refractivity contribution in [1.29, 1.82) is 5.26 Å². The fourth-order valence-corrected chi connectivity index (χ4v) is 5.76. The van der Waals surface area contributed by atoms with E-state index in [4.69, 9.17) is 19.7 Å². The number of ether oxygens (including phenoxy) is 2. The molecule has 2 aromatic heterocycles. The van der Waals surface area contributed by atoms with Crippen molar-refractivity contribution < 1.29 is 28.9 Å². The third kappa shape index (κ3) is 5.82. The van der Waals surface area contributed by atoms with Gasteiger partial charge in [-0.15, -0.1) is 0 Å². The van der Waals surface area contributed by atoms with Crippen LogP contribution < -0.4 is 4.74 Å². The number of nitriles is 1. The SMILES string of the molecule is CC(c1nc2ccc(C(=O)O)cc2n1C[C@@H]1CCO1)N1CCC(O)(c2cccc(OCc3ccc(C#N)cc3F)n2)CC1. The second-order valence-electron chi connectivity index (χ2n) is 11.2. The van der Waals surface area contributed by atoms with E-state index in [9.17, 15) is 19.4 Å². The summed E-state index contributed by atoms with van der Waals surface area (Å²) < 4.78 is 27.8. The molecule has 43 heavy (non-hydrogen) atoms. The Kier molecular flexibility index (Phi) is 7.83. The van der Waals surface area contributed by atoms with E-state index in [1.54, 1.807) is 36.4 Å². The van der Waals surface area contributed by atoms with Crippen LogP contribution in [0.15, 0.2) is 54.6 Å². The highest BCUT2D eigenvalue weighted by Crippen LogP contribution is 2.36. The van der Waals surface area contributed by atoms with Crippen LogP contribution in [-0.4, -0.2) is 61.4 Å². The maximum atomic E-state index is 14.3. The molecule has 2 saturated heterocycles. The number of aromatic carboxylic acids is 1. The first-order valence-corrected chi connectivity index (χ1v) is 14.3. The number of nitrogens with zero attached hydrogens (tertiary/aromatic N) is 5.